The number of hydrogen-bond acceptors (Lipinski definition) is 4. The molecule has 0 N–H and O–H groups in total. The minimum absolute atomic E-state index is 0.595. The van der Waals surface area contributed by atoms with Crippen molar-refractivity contribution in [3.05, 3.63) is 102 Å². The molecule has 1 aliphatic heterocycles. The Morgan fingerprint density at radius 2 is 1.77 bits per heavy atom. The second-order valence-corrected chi connectivity index (χ2v) is 7.48. The van der Waals surface area contributed by atoms with Crippen LogP contribution in [0.25, 0.3) is 22.2 Å². The van der Waals surface area contributed by atoms with Gasteiger partial charge in [-0.1, -0.05) is 54.6 Å². The molecule has 0 atom stereocenters. The monoisotopic (exact) mass is 390 g/mol. The molecule has 0 unspecified atom stereocenters. The fourth-order valence-electron chi connectivity index (χ4n) is 3.86. The molecule has 0 spiro atoms. The van der Waals surface area contributed by atoms with Crippen LogP contribution in [0, 0.1) is 0 Å². The molecule has 3 aromatic carbocycles. The molecule has 1 aliphatic rings. The van der Waals surface area contributed by atoms with Crippen molar-refractivity contribution in [1.29, 1.82) is 0 Å². The Hall–Kier alpha value is -3.99. The highest BCUT2D eigenvalue weighted by Gasteiger charge is 2.20. The summed E-state index contributed by atoms with van der Waals surface area (Å²) in [6.45, 7) is 0.746. The summed E-state index contributed by atoms with van der Waals surface area (Å²) in [7, 11) is 0. The van der Waals surface area contributed by atoms with Gasteiger partial charge in [0.1, 0.15) is 11.2 Å². The number of para-hydroxylation sites is 1. The van der Waals surface area contributed by atoms with Crippen LogP contribution in [0.15, 0.2) is 94.6 Å². The Labute approximate surface area is 173 Å². The van der Waals surface area contributed by atoms with Crippen LogP contribution in [0.4, 0.5) is 5.69 Å². The van der Waals surface area contributed by atoms with Gasteiger partial charge >= 0.3 is 0 Å². The Morgan fingerprint density at radius 1 is 0.900 bits per heavy atom. The van der Waals surface area contributed by atoms with E-state index in [0.717, 1.165) is 46.6 Å². The normalized spacial score (nSPS) is 12.9. The summed E-state index contributed by atoms with van der Waals surface area (Å²) in [5, 5.41) is 4.51. The van der Waals surface area contributed by atoms with Crippen molar-refractivity contribution >= 4 is 22.5 Å². The third-order valence-corrected chi connectivity index (χ3v) is 5.39. The first-order chi connectivity index (χ1) is 14.8. The fraction of sp³-hybridized carbons (Fsp3) is 0.0800. The van der Waals surface area contributed by atoms with Crippen LogP contribution in [-0.4, -0.2) is 20.5 Å². The van der Waals surface area contributed by atoms with Gasteiger partial charge in [-0.05, 0) is 34.9 Å². The predicted octanol–water partition coefficient (Wildman–Crippen LogP) is 5.42. The summed E-state index contributed by atoms with van der Waals surface area (Å²) >= 11 is 0. The number of fused-ring (bicyclic) bond motifs is 2. The zero-order valence-corrected chi connectivity index (χ0v) is 16.2. The van der Waals surface area contributed by atoms with Gasteiger partial charge in [-0.3, -0.25) is 4.68 Å². The summed E-state index contributed by atoms with van der Waals surface area (Å²) in [5.74, 6) is 0.595. The van der Waals surface area contributed by atoms with Gasteiger partial charge in [0, 0.05) is 18.2 Å². The first-order valence-electron chi connectivity index (χ1n) is 9.95. The lowest BCUT2D eigenvalue weighted by Gasteiger charge is -2.01. The molecule has 0 fully saturated rings. The maximum Gasteiger partial charge on any atom is 0.242 e. The van der Waals surface area contributed by atoms with E-state index in [1.165, 1.54) is 11.1 Å². The molecule has 0 radical (unpaired) electrons. The second kappa shape index (κ2) is 6.81. The zero-order chi connectivity index (χ0) is 19.9. The molecule has 0 saturated heterocycles. The van der Waals surface area contributed by atoms with Crippen molar-refractivity contribution in [2.75, 3.05) is 0 Å². The molecule has 144 valence electrons. The Bertz CT molecular complexity index is 1400. The van der Waals surface area contributed by atoms with Crippen molar-refractivity contribution in [3.63, 3.8) is 0 Å². The molecule has 0 aliphatic carbocycles. The van der Waals surface area contributed by atoms with Crippen LogP contribution < -0.4 is 0 Å². The topological polar surface area (TPSA) is 56.2 Å². The van der Waals surface area contributed by atoms with Gasteiger partial charge in [-0.2, -0.15) is 5.10 Å². The van der Waals surface area contributed by atoms with E-state index in [1.807, 2.05) is 59.4 Å². The van der Waals surface area contributed by atoms with E-state index in [4.69, 9.17) is 4.42 Å². The standard InChI is InChI=1S/C25H18N4O/c1-2-6-17(7-3-1)15-29-16-20(14-26-29)18-10-11-22-24(13-18)30-25(28-22)23-12-19-8-4-5-9-21(19)27-23/h1-11,13-14,16H,12,15H2. The van der Waals surface area contributed by atoms with Gasteiger partial charge in [0.25, 0.3) is 0 Å². The third kappa shape index (κ3) is 3.01. The minimum atomic E-state index is 0.595. The SMILES string of the molecule is c1ccc(Cn2cc(-c3ccc4nc(C5=Nc6ccccc6C5)oc4c3)cn2)cc1. The lowest BCUT2D eigenvalue weighted by Crippen LogP contribution is -2.00. The first kappa shape index (κ1) is 16.9. The van der Waals surface area contributed by atoms with Crippen molar-refractivity contribution in [3.8, 4) is 11.1 Å². The number of oxazole rings is 1. The van der Waals surface area contributed by atoms with Crippen LogP contribution in [0.3, 0.4) is 0 Å². The molecular weight excluding hydrogens is 372 g/mol. The van der Waals surface area contributed by atoms with Gasteiger partial charge in [-0.15, -0.1) is 0 Å². The lowest BCUT2D eigenvalue weighted by atomic mass is 10.1. The van der Waals surface area contributed by atoms with Crippen LogP contribution in [0.1, 0.15) is 17.0 Å². The van der Waals surface area contributed by atoms with Gasteiger partial charge in [0.15, 0.2) is 5.58 Å². The van der Waals surface area contributed by atoms with E-state index in [9.17, 15) is 0 Å². The van der Waals surface area contributed by atoms with E-state index in [1.54, 1.807) is 0 Å². The molecule has 0 amide bonds. The number of aliphatic imine (C=N–C) groups is 1. The Morgan fingerprint density at radius 3 is 2.67 bits per heavy atom. The highest BCUT2D eigenvalue weighted by molar-refractivity contribution is 6.04. The summed E-state index contributed by atoms with van der Waals surface area (Å²) in [4.78, 5) is 9.34. The number of aromatic nitrogens is 3. The number of rotatable bonds is 4. The molecule has 2 aromatic heterocycles. The zero-order valence-electron chi connectivity index (χ0n) is 16.2. The fourth-order valence-corrected chi connectivity index (χ4v) is 3.86. The van der Waals surface area contributed by atoms with Crippen molar-refractivity contribution in [1.82, 2.24) is 14.8 Å². The van der Waals surface area contributed by atoms with Gasteiger partial charge in [0.2, 0.25) is 5.89 Å². The summed E-state index contributed by atoms with van der Waals surface area (Å²) < 4.78 is 8.03. The maximum atomic E-state index is 6.08. The summed E-state index contributed by atoms with van der Waals surface area (Å²) in [6.07, 6.45) is 4.70. The van der Waals surface area contributed by atoms with Crippen molar-refractivity contribution in [2.24, 2.45) is 4.99 Å². The van der Waals surface area contributed by atoms with E-state index in [-0.39, 0.29) is 0 Å². The maximum absolute atomic E-state index is 6.08. The summed E-state index contributed by atoms with van der Waals surface area (Å²) in [6, 6.07) is 24.6. The predicted molar refractivity (Wildman–Crippen MR) is 117 cm³/mol. The summed E-state index contributed by atoms with van der Waals surface area (Å²) in [5.41, 5.74) is 8.02. The van der Waals surface area contributed by atoms with Crippen LogP contribution >= 0.6 is 0 Å². The van der Waals surface area contributed by atoms with Crippen molar-refractivity contribution in [2.45, 2.75) is 13.0 Å². The molecule has 5 aromatic rings. The lowest BCUT2D eigenvalue weighted by molar-refractivity contribution is 0.589. The van der Waals surface area contributed by atoms with Crippen LogP contribution in [-0.2, 0) is 13.0 Å². The van der Waals surface area contributed by atoms with Crippen LogP contribution in [0.2, 0.25) is 0 Å². The number of nitrogens with zero attached hydrogens (tertiary/aromatic N) is 4. The smallest absolute Gasteiger partial charge is 0.242 e. The average molecular weight is 390 g/mol. The van der Waals surface area contributed by atoms with Crippen LogP contribution in [0.5, 0.6) is 0 Å². The van der Waals surface area contributed by atoms with E-state index in [2.05, 4.69) is 45.5 Å². The number of benzene rings is 3. The highest BCUT2D eigenvalue weighted by Crippen LogP contribution is 2.30. The Kier molecular flexibility index (Phi) is 3.84. The average Bonchev–Trinajstić information content (AvgIpc) is 3.51. The molecule has 5 nitrogen and oxygen atoms in total. The van der Waals surface area contributed by atoms with E-state index in [0.29, 0.717) is 5.89 Å². The second-order valence-electron chi connectivity index (χ2n) is 7.48. The highest BCUT2D eigenvalue weighted by atomic mass is 16.3. The van der Waals surface area contributed by atoms with E-state index < -0.39 is 0 Å². The molecule has 0 bridgehead atoms. The Balaban J connectivity index is 1.29. The van der Waals surface area contributed by atoms with Gasteiger partial charge in [0.05, 0.1) is 18.4 Å². The molecule has 0 saturated carbocycles. The third-order valence-electron chi connectivity index (χ3n) is 5.39. The van der Waals surface area contributed by atoms with E-state index >= 15 is 0 Å². The largest absolute Gasteiger partial charge is 0.435 e. The van der Waals surface area contributed by atoms with Gasteiger partial charge < -0.3 is 4.42 Å². The molecule has 5 heteroatoms. The van der Waals surface area contributed by atoms with Gasteiger partial charge in [-0.25, -0.2) is 9.98 Å². The quantitative estimate of drug-likeness (QED) is 0.412. The van der Waals surface area contributed by atoms with Crippen molar-refractivity contribution < 1.29 is 4.42 Å². The first-order valence-corrected chi connectivity index (χ1v) is 9.95. The molecule has 3 heterocycles. The molecule has 30 heavy (non-hydrogen) atoms. The minimum Gasteiger partial charge on any atom is -0.435 e. The molecular formula is C25H18N4O. The number of hydrogen-bond donors (Lipinski definition) is 0. The molecule has 6 rings (SSSR count).